The van der Waals surface area contributed by atoms with Crippen LogP contribution in [-0.2, 0) is 4.43 Å². The van der Waals surface area contributed by atoms with E-state index in [9.17, 15) is 5.11 Å². The predicted octanol–water partition coefficient (Wildman–Crippen LogP) is 4.96. The highest BCUT2D eigenvalue weighted by Crippen LogP contribution is 2.46. The molecule has 3 aromatic rings. The predicted molar refractivity (Wildman–Crippen MR) is 144 cm³/mol. The molecule has 1 N–H and O–H groups in total. The molecular formula is C30H37NO3Si. The molecule has 6 rings (SSSR count). The van der Waals surface area contributed by atoms with E-state index in [1.165, 1.54) is 15.9 Å². The summed E-state index contributed by atoms with van der Waals surface area (Å²) in [6.45, 7) is 10.4. The highest BCUT2D eigenvalue weighted by Gasteiger charge is 2.53. The number of benzene rings is 2. The molecule has 0 radical (unpaired) electrons. The number of nitrogens with zero attached hydrogens (tertiary/aromatic N) is 1. The minimum atomic E-state index is -2.68. The topological polar surface area (TPSA) is 45.8 Å². The third-order valence-corrected chi connectivity index (χ3v) is 13.0. The molecule has 0 amide bonds. The maximum absolute atomic E-state index is 10.8. The van der Waals surface area contributed by atoms with Gasteiger partial charge in [-0.2, -0.15) is 0 Å². The smallest absolute Gasteiger partial charge is 0.261 e. The van der Waals surface area contributed by atoms with Crippen molar-refractivity contribution in [3.8, 4) is 0 Å². The van der Waals surface area contributed by atoms with Gasteiger partial charge in [0, 0.05) is 18.3 Å². The first-order valence-electron chi connectivity index (χ1n) is 12.7. The average molecular weight is 488 g/mol. The Morgan fingerprint density at radius 1 is 1.00 bits per heavy atom. The van der Waals surface area contributed by atoms with Crippen molar-refractivity contribution in [2.24, 2.45) is 5.92 Å². The van der Waals surface area contributed by atoms with E-state index in [0.717, 1.165) is 30.9 Å². The van der Waals surface area contributed by atoms with Crippen LogP contribution in [0.4, 0.5) is 0 Å². The van der Waals surface area contributed by atoms with E-state index in [1.54, 1.807) is 0 Å². The third-order valence-electron chi connectivity index (χ3n) is 7.98. The van der Waals surface area contributed by atoms with Crippen LogP contribution in [0.15, 0.2) is 83.4 Å². The minimum absolute atomic E-state index is 0.0721. The summed E-state index contributed by atoms with van der Waals surface area (Å²) < 4.78 is 13.3. The highest BCUT2D eigenvalue weighted by atomic mass is 28.4. The summed E-state index contributed by atoms with van der Waals surface area (Å²) in [5.41, 5.74) is 0.820. The zero-order chi connectivity index (χ0) is 24.7. The van der Waals surface area contributed by atoms with Gasteiger partial charge in [-0.3, -0.25) is 0 Å². The summed E-state index contributed by atoms with van der Waals surface area (Å²) in [5, 5.41) is 13.2. The van der Waals surface area contributed by atoms with Gasteiger partial charge in [0.1, 0.15) is 11.5 Å². The zero-order valence-electron chi connectivity index (χ0n) is 21.3. The summed E-state index contributed by atoms with van der Waals surface area (Å²) >= 11 is 0. The summed E-state index contributed by atoms with van der Waals surface area (Å²) in [6, 6.07) is 25.6. The van der Waals surface area contributed by atoms with Crippen molar-refractivity contribution in [2.75, 3.05) is 19.8 Å². The van der Waals surface area contributed by atoms with Crippen molar-refractivity contribution in [1.82, 2.24) is 4.90 Å². The molecule has 0 unspecified atom stereocenters. The second-order valence-electron chi connectivity index (χ2n) is 11.2. The monoisotopic (exact) mass is 487 g/mol. The standard InChI is InChI=1S/C30H37NO3Si/c1-23-15-16-28(34-23)27-20-31-18-17-24(27)19-30(31,21-32)22-33-35(29(2,3)4,25-11-7-5-8-12-25)26-13-9-6-10-14-26/h5-16,20,24,32H,17-19,21-22H2,1-4H3/t24-,30+/m0/s1. The van der Waals surface area contributed by atoms with Crippen molar-refractivity contribution in [3.63, 3.8) is 0 Å². The molecule has 0 saturated carbocycles. The van der Waals surface area contributed by atoms with Crippen molar-refractivity contribution >= 4 is 24.3 Å². The molecule has 4 nitrogen and oxygen atoms in total. The van der Waals surface area contributed by atoms with Crippen molar-refractivity contribution in [2.45, 2.75) is 51.1 Å². The SMILES string of the molecule is Cc1ccc(C2=CN3CC[C@H]2C[C@@]3(CO)CO[Si](c2ccccc2)(c2ccccc2)C(C)(C)C)o1. The van der Waals surface area contributed by atoms with Gasteiger partial charge in [-0.1, -0.05) is 81.4 Å². The Morgan fingerprint density at radius 3 is 2.09 bits per heavy atom. The number of piperidine rings is 1. The Labute approximate surface area is 210 Å². The number of aliphatic hydroxyl groups excluding tert-OH is 1. The van der Waals surface area contributed by atoms with Crippen molar-refractivity contribution in [1.29, 1.82) is 0 Å². The molecule has 1 fully saturated rings. The second kappa shape index (κ2) is 9.12. The summed E-state index contributed by atoms with van der Waals surface area (Å²) in [6.07, 6.45) is 4.17. The van der Waals surface area contributed by atoms with Crippen LogP contribution in [0, 0.1) is 12.8 Å². The fourth-order valence-corrected chi connectivity index (χ4v) is 10.8. The normalized spacial score (nSPS) is 22.4. The van der Waals surface area contributed by atoms with Gasteiger partial charge in [-0.05, 0) is 53.2 Å². The minimum Gasteiger partial charge on any atom is -0.462 e. The molecule has 3 aliphatic rings. The Hall–Kier alpha value is -2.60. The molecular weight excluding hydrogens is 450 g/mol. The third kappa shape index (κ3) is 4.10. The van der Waals surface area contributed by atoms with Gasteiger partial charge in [-0.25, -0.2) is 0 Å². The van der Waals surface area contributed by atoms with E-state index in [0.29, 0.717) is 12.5 Å². The van der Waals surface area contributed by atoms with Gasteiger partial charge in [0.15, 0.2) is 0 Å². The number of fused-ring (bicyclic) bond motifs is 2. The van der Waals surface area contributed by atoms with Crippen molar-refractivity contribution < 1.29 is 13.9 Å². The fourth-order valence-electron chi connectivity index (χ4n) is 6.15. The second-order valence-corrected chi connectivity index (χ2v) is 15.5. The molecule has 0 aliphatic carbocycles. The van der Waals surface area contributed by atoms with Gasteiger partial charge in [0.2, 0.25) is 0 Å². The van der Waals surface area contributed by atoms with E-state index < -0.39 is 13.9 Å². The van der Waals surface area contributed by atoms with Crippen LogP contribution < -0.4 is 10.4 Å². The van der Waals surface area contributed by atoms with Crippen LogP contribution in [0.2, 0.25) is 5.04 Å². The molecule has 1 aromatic heterocycles. The molecule has 35 heavy (non-hydrogen) atoms. The van der Waals surface area contributed by atoms with E-state index >= 15 is 0 Å². The van der Waals surface area contributed by atoms with Gasteiger partial charge in [-0.15, -0.1) is 0 Å². The summed E-state index contributed by atoms with van der Waals surface area (Å²) in [5.74, 6) is 2.25. The van der Waals surface area contributed by atoms with E-state index in [2.05, 4.69) is 98.6 Å². The van der Waals surface area contributed by atoms with Crippen molar-refractivity contribution in [3.05, 3.63) is 90.5 Å². The summed E-state index contributed by atoms with van der Waals surface area (Å²) in [7, 11) is -2.68. The van der Waals surface area contributed by atoms with Crippen LogP contribution in [0.1, 0.15) is 45.1 Å². The number of aliphatic hydroxyl groups is 1. The quantitative estimate of drug-likeness (QED) is 0.479. The Bertz CT molecular complexity index is 1140. The average Bonchev–Trinajstić information content (AvgIpc) is 3.31. The lowest BCUT2D eigenvalue weighted by atomic mass is 9.74. The van der Waals surface area contributed by atoms with Crippen LogP contribution in [0.3, 0.4) is 0 Å². The molecule has 5 heteroatoms. The molecule has 184 valence electrons. The maximum atomic E-state index is 10.8. The first-order valence-corrected chi connectivity index (χ1v) is 14.6. The zero-order valence-corrected chi connectivity index (χ0v) is 22.3. The van der Waals surface area contributed by atoms with Gasteiger partial charge in [0.05, 0.1) is 18.8 Å². The van der Waals surface area contributed by atoms with E-state index in [-0.39, 0.29) is 11.6 Å². The number of hydrogen-bond acceptors (Lipinski definition) is 4. The molecule has 2 bridgehead atoms. The number of allylic oxidation sites excluding steroid dienone is 1. The fraction of sp³-hybridized carbons (Fsp3) is 0.400. The van der Waals surface area contributed by atoms with E-state index in [4.69, 9.17) is 8.84 Å². The number of aryl methyl sites for hydroxylation is 1. The largest absolute Gasteiger partial charge is 0.462 e. The Kier molecular flexibility index (Phi) is 6.28. The molecule has 0 spiro atoms. The first kappa shape index (κ1) is 24.1. The van der Waals surface area contributed by atoms with Gasteiger partial charge < -0.3 is 18.8 Å². The van der Waals surface area contributed by atoms with E-state index in [1.807, 2.05) is 13.0 Å². The number of furan rings is 1. The first-order chi connectivity index (χ1) is 16.8. The number of hydrogen-bond donors (Lipinski definition) is 1. The highest BCUT2D eigenvalue weighted by molar-refractivity contribution is 6.99. The lowest BCUT2D eigenvalue weighted by Gasteiger charge is -2.54. The van der Waals surface area contributed by atoms with Gasteiger partial charge >= 0.3 is 0 Å². The molecule has 1 saturated heterocycles. The lowest BCUT2D eigenvalue weighted by Crippen LogP contribution is -2.69. The number of rotatable bonds is 7. The Morgan fingerprint density at radius 2 is 1.63 bits per heavy atom. The van der Waals surface area contributed by atoms with Crippen LogP contribution in [0.5, 0.6) is 0 Å². The summed E-state index contributed by atoms with van der Waals surface area (Å²) in [4.78, 5) is 2.33. The van der Waals surface area contributed by atoms with Crippen LogP contribution >= 0.6 is 0 Å². The van der Waals surface area contributed by atoms with Crippen LogP contribution in [0.25, 0.3) is 5.57 Å². The molecule has 4 heterocycles. The molecule has 3 aliphatic heterocycles. The molecule has 2 aromatic carbocycles. The molecule has 2 atom stereocenters. The maximum Gasteiger partial charge on any atom is 0.261 e. The van der Waals surface area contributed by atoms with Crippen LogP contribution in [-0.4, -0.2) is 43.6 Å². The Balaban J connectivity index is 1.53. The van der Waals surface area contributed by atoms with Gasteiger partial charge in [0.25, 0.3) is 8.32 Å². The lowest BCUT2D eigenvalue weighted by molar-refractivity contribution is -0.0241.